The molecule has 1 N–H and O–H groups in total. The van der Waals surface area contributed by atoms with E-state index in [9.17, 15) is 18.0 Å². The number of nitrogens with one attached hydrogen (secondary N) is 1. The van der Waals surface area contributed by atoms with Gasteiger partial charge in [-0.25, -0.2) is 5.01 Å². The maximum Gasteiger partial charge on any atom is 0.409 e. The number of fused-ring (bicyclic) bond motifs is 1. The molecule has 1 atom stereocenters. The summed E-state index contributed by atoms with van der Waals surface area (Å²) in [6, 6.07) is 8.04. The lowest BCUT2D eigenvalue weighted by Crippen LogP contribution is -2.43. The van der Waals surface area contributed by atoms with Gasteiger partial charge in [-0.3, -0.25) is 10.2 Å². The highest BCUT2D eigenvalue weighted by Gasteiger charge is 2.51. The summed E-state index contributed by atoms with van der Waals surface area (Å²) < 4.78 is 47.4. The maximum absolute atomic E-state index is 13.9. The summed E-state index contributed by atoms with van der Waals surface area (Å²) in [4.78, 5) is 12.0. The molecular weight excluding hydrogens is 369 g/mol. The first-order valence-corrected chi connectivity index (χ1v) is 9.13. The Labute approximate surface area is 162 Å². The normalized spacial score (nSPS) is 18.9. The Balaban J connectivity index is 1.97. The second-order valence-electron chi connectivity index (χ2n) is 8.88. The van der Waals surface area contributed by atoms with E-state index >= 15 is 0 Å². The minimum Gasteiger partial charge on any atom is -0.488 e. The number of hydrazine groups is 1. The Hall–Kier alpha value is -2.28. The van der Waals surface area contributed by atoms with Crippen LogP contribution in [-0.4, -0.2) is 29.2 Å². The van der Waals surface area contributed by atoms with Crippen LogP contribution in [0.4, 0.5) is 13.2 Å². The van der Waals surface area contributed by atoms with Crippen LogP contribution >= 0.6 is 0 Å². The molecule has 7 heteroatoms. The van der Waals surface area contributed by atoms with Gasteiger partial charge in [-0.05, 0) is 69.2 Å². The van der Waals surface area contributed by atoms with Crippen molar-refractivity contribution in [3.05, 3.63) is 42.0 Å². The third kappa shape index (κ3) is 4.24. The summed E-state index contributed by atoms with van der Waals surface area (Å²) in [5.41, 5.74) is 1.23. The largest absolute Gasteiger partial charge is 0.488 e. The van der Waals surface area contributed by atoms with E-state index in [1.165, 1.54) is 12.1 Å². The van der Waals surface area contributed by atoms with Gasteiger partial charge < -0.3 is 4.74 Å². The summed E-state index contributed by atoms with van der Waals surface area (Å²) in [6.07, 6.45) is -4.53. The van der Waals surface area contributed by atoms with Gasteiger partial charge in [0.2, 0.25) is 5.91 Å². The lowest BCUT2D eigenvalue weighted by atomic mass is 9.93. The average Bonchev–Trinajstić information content (AvgIpc) is 2.77. The molecule has 2 aromatic rings. The fourth-order valence-electron chi connectivity index (χ4n) is 3.35. The zero-order chi connectivity index (χ0) is 20.9. The number of halogens is 3. The van der Waals surface area contributed by atoms with Gasteiger partial charge in [-0.2, -0.15) is 13.2 Å². The van der Waals surface area contributed by atoms with Gasteiger partial charge in [0, 0.05) is 6.54 Å². The molecule has 0 spiro atoms. The highest BCUT2D eigenvalue weighted by atomic mass is 19.4. The molecule has 0 aromatic heterocycles. The minimum absolute atomic E-state index is 0.0214. The van der Waals surface area contributed by atoms with Crippen LogP contribution in [0.3, 0.4) is 0 Å². The molecule has 1 fully saturated rings. The van der Waals surface area contributed by atoms with Gasteiger partial charge in [0.25, 0.3) is 0 Å². The van der Waals surface area contributed by atoms with Crippen molar-refractivity contribution in [2.45, 2.75) is 52.4 Å². The van der Waals surface area contributed by atoms with E-state index in [4.69, 9.17) is 4.74 Å². The van der Waals surface area contributed by atoms with E-state index in [-0.39, 0.29) is 17.7 Å². The van der Waals surface area contributed by atoms with Crippen molar-refractivity contribution in [1.29, 1.82) is 0 Å². The molecule has 152 valence electrons. The summed E-state index contributed by atoms with van der Waals surface area (Å²) in [6.45, 7) is 9.03. The summed E-state index contributed by atoms with van der Waals surface area (Å²) >= 11 is 0. The van der Waals surface area contributed by atoms with Crippen LogP contribution in [0, 0.1) is 5.41 Å². The Bertz CT molecular complexity index is 901. The van der Waals surface area contributed by atoms with Crippen LogP contribution in [0.25, 0.3) is 10.8 Å². The molecular formula is C21H25F3N2O2. The smallest absolute Gasteiger partial charge is 0.409 e. The number of hydrogen-bond acceptors (Lipinski definition) is 3. The maximum atomic E-state index is 13.9. The Morgan fingerprint density at radius 2 is 1.68 bits per heavy atom. The molecule has 0 bridgehead atoms. The van der Waals surface area contributed by atoms with Crippen LogP contribution in [0.5, 0.6) is 5.75 Å². The number of amides is 1. The van der Waals surface area contributed by atoms with Crippen LogP contribution in [0.1, 0.15) is 46.2 Å². The molecule has 2 aromatic carbocycles. The van der Waals surface area contributed by atoms with Gasteiger partial charge in [-0.1, -0.05) is 18.2 Å². The number of hydrogen-bond donors (Lipinski definition) is 1. The fraction of sp³-hybridized carbons (Fsp3) is 0.476. The molecule has 0 saturated carbocycles. The van der Waals surface area contributed by atoms with Gasteiger partial charge in [0.15, 0.2) is 0 Å². The molecule has 0 unspecified atom stereocenters. The lowest BCUT2D eigenvalue weighted by Gasteiger charge is -2.30. The third-order valence-electron chi connectivity index (χ3n) is 4.62. The van der Waals surface area contributed by atoms with E-state index in [0.717, 1.165) is 10.4 Å². The topological polar surface area (TPSA) is 41.6 Å². The first-order valence-electron chi connectivity index (χ1n) is 9.13. The molecule has 0 aliphatic carbocycles. The third-order valence-corrected chi connectivity index (χ3v) is 4.62. The lowest BCUT2D eigenvalue weighted by molar-refractivity contribution is -0.191. The minimum atomic E-state index is -4.53. The molecule has 0 radical (unpaired) electrons. The Morgan fingerprint density at radius 3 is 2.21 bits per heavy atom. The average molecular weight is 394 g/mol. The number of carbonyl (C=O) groups excluding carboxylic acids is 1. The second-order valence-corrected chi connectivity index (χ2v) is 8.88. The summed E-state index contributed by atoms with van der Waals surface area (Å²) in [5.74, 6) is 0.250. The first-order chi connectivity index (χ1) is 12.8. The number of alkyl halides is 3. The van der Waals surface area contributed by atoms with Crippen molar-refractivity contribution < 1.29 is 22.7 Å². The van der Waals surface area contributed by atoms with Crippen molar-refractivity contribution in [3.63, 3.8) is 0 Å². The Kier molecular flexibility index (Phi) is 4.86. The quantitative estimate of drug-likeness (QED) is 0.797. The standard InChI is InChI=1S/C21H25F3N2O2/c1-19(2,3)28-16-9-8-13-10-15(7-6-14(13)11-16)17(21(22,23)24)26-12-20(4,5)18(27)25-26/h6-11,17H,12H2,1-5H3,(H,25,27)/t17-/m0/s1. The van der Waals surface area contributed by atoms with Gasteiger partial charge in [0.05, 0.1) is 5.41 Å². The SMILES string of the molecule is CC(C)(C)Oc1ccc2cc([C@H](N3CC(C)(C)C(=O)N3)C(F)(F)F)ccc2c1. The van der Waals surface area contributed by atoms with Gasteiger partial charge in [-0.15, -0.1) is 0 Å². The molecule has 1 heterocycles. The monoisotopic (exact) mass is 394 g/mol. The molecule has 28 heavy (non-hydrogen) atoms. The molecule has 3 rings (SSSR count). The van der Waals surface area contributed by atoms with Crippen LogP contribution in [-0.2, 0) is 4.79 Å². The molecule has 1 aliphatic rings. The highest BCUT2D eigenvalue weighted by molar-refractivity contribution is 5.85. The van der Waals surface area contributed by atoms with E-state index in [1.54, 1.807) is 32.0 Å². The molecule has 4 nitrogen and oxygen atoms in total. The predicted octanol–water partition coefficient (Wildman–Crippen LogP) is 4.99. The van der Waals surface area contributed by atoms with Crippen LogP contribution in [0.2, 0.25) is 0 Å². The summed E-state index contributed by atoms with van der Waals surface area (Å²) in [5, 5.41) is 2.45. The van der Waals surface area contributed by atoms with E-state index in [2.05, 4.69) is 5.43 Å². The summed E-state index contributed by atoms with van der Waals surface area (Å²) in [7, 11) is 0. The van der Waals surface area contributed by atoms with Crippen molar-refractivity contribution in [1.82, 2.24) is 10.4 Å². The number of benzene rings is 2. The van der Waals surface area contributed by atoms with Crippen molar-refractivity contribution in [2.24, 2.45) is 5.41 Å². The number of nitrogens with zero attached hydrogens (tertiary/aromatic N) is 1. The highest BCUT2D eigenvalue weighted by Crippen LogP contribution is 2.41. The van der Waals surface area contributed by atoms with E-state index in [1.807, 2.05) is 26.8 Å². The zero-order valence-electron chi connectivity index (χ0n) is 16.6. The van der Waals surface area contributed by atoms with E-state index < -0.39 is 23.5 Å². The van der Waals surface area contributed by atoms with Crippen LogP contribution < -0.4 is 10.2 Å². The molecule has 1 aliphatic heterocycles. The second kappa shape index (κ2) is 6.65. The predicted molar refractivity (Wildman–Crippen MR) is 102 cm³/mol. The van der Waals surface area contributed by atoms with Crippen molar-refractivity contribution in [3.8, 4) is 5.75 Å². The molecule has 1 amide bonds. The fourth-order valence-corrected chi connectivity index (χ4v) is 3.35. The van der Waals surface area contributed by atoms with Gasteiger partial charge >= 0.3 is 6.18 Å². The molecule has 1 saturated heterocycles. The Morgan fingerprint density at radius 1 is 1.07 bits per heavy atom. The number of ether oxygens (including phenoxy) is 1. The van der Waals surface area contributed by atoms with Gasteiger partial charge in [0.1, 0.15) is 17.4 Å². The van der Waals surface area contributed by atoms with E-state index in [0.29, 0.717) is 11.1 Å². The number of carbonyl (C=O) groups is 1. The van der Waals surface area contributed by atoms with Crippen molar-refractivity contribution in [2.75, 3.05) is 6.54 Å². The van der Waals surface area contributed by atoms with Crippen molar-refractivity contribution >= 4 is 16.7 Å². The first kappa shape index (κ1) is 20.5. The zero-order valence-corrected chi connectivity index (χ0v) is 16.6. The number of rotatable bonds is 3. The van der Waals surface area contributed by atoms with Crippen LogP contribution in [0.15, 0.2) is 36.4 Å².